The van der Waals surface area contributed by atoms with Crippen LogP contribution < -0.4 is 5.73 Å². The SMILES string of the molecule is CCCc1nc2cc(N)ccc2n1C(C)c1ncc(C)s1. The highest BCUT2D eigenvalue weighted by molar-refractivity contribution is 7.11. The number of nitrogen functional groups attached to an aromatic ring is 1. The maximum atomic E-state index is 5.89. The maximum absolute atomic E-state index is 5.89. The summed E-state index contributed by atoms with van der Waals surface area (Å²) in [7, 11) is 0. The normalized spacial score (nSPS) is 12.9. The first-order valence-corrected chi connectivity index (χ1v) is 8.10. The molecule has 2 heterocycles. The second-order valence-electron chi connectivity index (χ2n) is 5.38. The number of benzene rings is 1. The van der Waals surface area contributed by atoms with E-state index in [2.05, 4.69) is 36.4 Å². The molecule has 0 saturated heterocycles. The number of fused-ring (bicyclic) bond motifs is 1. The van der Waals surface area contributed by atoms with Crippen LogP contribution in [0.1, 0.15) is 42.0 Å². The fourth-order valence-electron chi connectivity index (χ4n) is 2.67. The topological polar surface area (TPSA) is 56.7 Å². The third-order valence-electron chi connectivity index (χ3n) is 3.64. The molecule has 3 aromatic rings. The van der Waals surface area contributed by atoms with Gasteiger partial charge in [-0.1, -0.05) is 6.92 Å². The van der Waals surface area contributed by atoms with Crippen LogP contribution in [0.15, 0.2) is 24.4 Å². The Bertz CT molecular complexity index is 772. The van der Waals surface area contributed by atoms with Gasteiger partial charge in [0.1, 0.15) is 10.8 Å². The van der Waals surface area contributed by atoms with Crippen LogP contribution in [0.25, 0.3) is 11.0 Å². The zero-order chi connectivity index (χ0) is 15.0. The van der Waals surface area contributed by atoms with Crippen LogP contribution in [0, 0.1) is 6.92 Å². The van der Waals surface area contributed by atoms with Gasteiger partial charge in [-0.2, -0.15) is 0 Å². The lowest BCUT2D eigenvalue weighted by Crippen LogP contribution is -2.10. The summed E-state index contributed by atoms with van der Waals surface area (Å²) in [5, 5.41) is 1.13. The Kier molecular flexibility index (Phi) is 3.68. The lowest BCUT2D eigenvalue weighted by Gasteiger charge is -2.15. The second-order valence-corrected chi connectivity index (χ2v) is 6.65. The van der Waals surface area contributed by atoms with Gasteiger partial charge in [0.2, 0.25) is 0 Å². The molecule has 1 atom stereocenters. The van der Waals surface area contributed by atoms with Crippen molar-refractivity contribution in [1.82, 2.24) is 14.5 Å². The minimum absolute atomic E-state index is 0.193. The van der Waals surface area contributed by atoms with E-state index in [0.29, 0.717) is 0 Å². The molecule has 0 bridgehead atoms. The summed E-state index contributed by atoms with van der Waals surface area (Å²) < 4.78 is 2.30. The molecule has 1 unspecified atom stereocenters. The Labute approximate surface area is 128 Å². The van der Waals surface area contributed by atoms with Crippen molar-refractivity contribution in [1.29, 1.82) is 0 Å². The van der Waals surface area contributed by atoms with E-state index in [4.69, 9.17) is 10.7 Å². The number of thiazole rings is 1. The number of hydrogen-bond donors (Lipinski definition) is 1. The Morgan fingerprint density at radius 1 is 1.38 bits per heavy atom. The third-order valence-corrected chi connectivity index (χ3v) is 4.73. The number of aromatic nitrogens is 3. The molecule has 21 heavy (non-hydrogen) atoms. The predicted octanol–water partition coefficient (Wildman–Crippen LogP) is 3.95. The van der Waals surface area contributed by atoms with Crippen LogP contribution in [0.2, 0.25) is 0 Å². The van der Waals surface area contributed by atoms with Gasteiger partial charge >= 0.3 is 0 Å². The summed E-state index contributed by atoms with van der Waals surface area (Å²) in [6, 6.07) is 6.15. The number of rotatable bonds is 4. The third kappa shape index (κ3) is 2.53. The van der Waals surface area contributed by atoms with Crippen molar-refractivity contribution in [3.63, 3.8) is 0 Å². The highest BCUT2D eigenvalue weighted by atomic mass is 32.1. The molecule has 1 aromatic carbocycles. The molecule has 0 saturated carbocycles. The van der Waals surface area contributed by atoms with Crippen LogP contribution in [0.3, 0.4) is 0 Å². The van der Waals surface area contributed by atoms with E-state index in [9.17, 15) is 0 Å². The minimum atomic E-state index is 0.193. The van der Waals surface area contributed by atoms with Crippen molar-refractivity contribution < 1.29 is 0 Å². The van der Waals surface area contributed by atoms with Crippen LogP contribution in [-0.2, 0) is 6.42 Å². The molecule has 0 radical (unpaired) electrons. The lowest BCUT2D eigenvalue weighted by atomic mass is 10.2. The summed E-state index contributed by atoms with van der Waals surface area (Å²) in [6.45, 7) is 6.46. The van der Waals surface area contributed by atoms with Gasteiger partial charge in [-0.15, -0.1) is 11.3 Å². The lowest BCUT2D eigenvalue weighted by molar-refractivity contribution is 0.609. The fourth-order valence-corrected chi connectivity index (χ4v) is 3.49. The highest BCUT2D eigenvalue weighted by Gasteiger charge is 2.19. The first kappa shape index (κ1) is 14.1. The molecule has 2 N–H and O–H groups in total. The van der Waals surface area contributed by atoms with Crippen molar-refractivity contribution >= 4 is 28.1 Å². The van der Waals surface area contributed by atoms with Gasteiger partial charge in [-0.05, 0) is 38.5 Å². The van der Waals surface area contributed by atoms with Crippen molar-refractivity contribution in [2.75, 3.05) is 5.73 Å². The summed E-state index contributed by atoms with van der Waals surface area (Å²) in [4.78, 5) is 10.6. The maximum Gasteiger partial charge on any atom is 0.115 e. The van der Waals surface area contributed by atoms with Gasteiger partial charge in [0.15, 0.2) is 0 Å². The number of hydrogen-bond acceptors (Lipinski definition) is 4. The number of aryl methyl sites for hydroxylation is 2. The Hall–Kier alpha value is -1.88. The molecule has 110 valence electrons. The number of nitrogens with zero attached hydrogens (tertiary/aromatic N) is 3. The van der Waals surface area contributed by atoms with Crippen LogP contribution in [0.4, 0.5) is 5.69 Å². The highest BCUT2D eigenvalue weighted by Crippen LogP contribution is 2.29. The molecule has 0 aliphatic rings. The molecule has 3 rings (SSSR count). The molecule has 0 spiro atoms. The van der Waals surface area contributed by atoms with Crippen molar-refractivity contribution in [2.45, 2.75) is 39.7 Å². The second kappa shape index (κ2) is 5.48. The average Bonchev–Trinajstić information content (AvgIpc) is 3.01. The minimum Gasteiger partial charge on any atom is -0.399 e. The molecule has 0 aliphatic heterocycles. The molecule has 0 amide bonds. The zero-order valence-corrected chi connectivity index (χ0v) is 13.4. The molecule has 5 heteroatoms. The van der Waals surface area contributed by atoms with Crippen LogP contribution in [0.5, 0.6) is 0 Å². The van der Waals surface area contributed by atoms with E-state index in [1.807, 2.05) is 18.3 Å². The zero-order valence-electron chi connectivity index (χ0n) is 12.6. The molecule has 0 fully saturated rings. The summed E-state index contributed by atoms with van der Waals surface area (Å²) in [6.07, 6.45) is 3.97. The van der Waals surface area contributed by atoms with Crippen molar-refractivity contribution in [3.8, 4) is 0 Å². The molecular weight excluding hydrogens is 280 g/mol. The smallest absolute Gasteiger partial charge is 0.115 e. The number of nitrogens with two attached hydrogens (primary N) is 1. The number of anilines is 1. The van der Waals surface area contributed by atoms with Gasteiger partial charge in [-0.3, -0.25) is 0 Å². The van der Waals surface area contributed by atoms with Crippen LogP contribution in [-0.4, -0.2) is 14.5 Å². The van der Waals surface area contributed by atoms with Gasteiger partial charge in [0, 0.05) is 23.2 Å². The van der Waals surface area contributed by atoms with Crippen molar-refractivity contribution in [2.24, 2.45) is 0 Å². The largest absolute Gasteiger partial charge is 0.399 e. The Balaban J connectivity index is 2.16. The van der Waals surface area contributed by atoms with E-state index in [1.54, 1.807) is 11.3 Å². The number of imidazole rings is 1. The van der Waals surface area contributed by atoms with E-state index < -0.39 is 0 Å². The molecule has 4 nitrogen and oxygen atoms in total. The predicted molar refractivity (Wildman–Crippen MR) is 88.8 cm³/mol. The standard InChI is InChI=1S/C16H20N4S/c1-4-5-15-19-13-8-12(17)6-7-14(13)20(15)11(3)16-18-9-10(2)21-16/h6-9,11H,4-5,17H2,1-3H3. The van der Waals surface area contributed by atoms with Gasteiger partial charge < -0.3 is 10.3 Å². The van der Waals surface area contributed by atoms with Gasteiger partial charge in [0.25, 0.3) is 0 Å². The van der Waals surface area contributed by atoms with Gasteiger partial charge in [0.05, 0.1) is 17.1 Å². The first-order chi connectivity index (χ1) is 10.1. The average molecular weight is 300 g/mol. The molecule has 2 aromatic heterocycles. The summed E-state index contributed by atoms with van der Waals surface area (Å²) in [5.74, 6) is 1.11. The summed E-state index contributed by atoms with van der Waals surface area (Å²) >= 11 is 1.75. The quantitative estimate of drug-likeness (QED) is 0.742. The monoisotopic (exact) mass is 300 g/mol. The first-order valence-electron chi connectivity index (χ1n) is 7.28. The Morgan fingerprint density at radius 3 is 2.86 bits per heavy atom. The van der Waals surface area contributed by atoms with E-state index in [0.717, 1.165) is 40.4 Å². The van der Waals surface area contributed by atoms with Crippen LogP contribution >= 0.6 is 11.3 Å². The molecular formula is C16H20N4S. The van der Waals surface area contributed by atoms with Gasteiger partial charge in [-0.25, -0.2) is 9.97 Å². The summed E-state index contributed by atoms with van der Waals surface area (Å²) in [5.41, 5.74) is 8.75. The van der Waals surface area contributed by atoms with Crippen molar-refractivity contribution in [3.05, 3.63) is 40.1 Å². The van der Waals surface area contributed by atoms with E-state index >= 15 is 0 Å². The van der Waals surface area contributed by atoms with E-state index in [1.165, 1.54) is 4.88 Å². The Morgan fingerprint density at radius 2 is 2.19 bits per heavy atom. The molecule has 0 aliphatic carbocycles. The van der Waals surface area contributed by atoms with E-state index in [-0.39, 0.29) is 6.04 Å². The fraction of sp³-hybridized carbons (Fsp3) is 0.375.